The number of hydrogen-bond acceptors (Lipinski definition) is 10. The maximum absolute atomic E-state index is 13.4. The second-order valence-corrected chi connectivity index (χ2v) is 11.9. The number of hydrogen-bond donors (Lipinski definition) is 3. The van der Waals surface area contributed by atoms with Crippen LogP contribution in [-0.4, -0.2) is 64.5 Å². The highest BCUT2D eigenvalue weighted by Gasteiger charge is 2.39. The number of amides is 1. The first-order valence-corrected chi connectivity index (χ1v) is 13.8. The van der Waals surface area contributed by atoms with E-state index in [9.17, 15) is 18.3 Å². The molecule has 1 fully saturated rings. The number of rotatable bonds is 9. The Kier molecular flexibility index (Phi) is 7.61. The molecular formula is C25H39N7O5S. The summed E-state index contributed by atoms with van der Waals surface area (Å²) in [7, 11) is -4.28. The molecule has 1 unspecified atom stereocenters. The van der Waals surface area contributed by atoms with E-state index in [2.05, 4.69) is 35.6 Å². The number of anilines is 2. The summed E-state index contributed by atoms with van der Waals surface area (Å²) in [5.74, 6) is 0.391. The van der Waals surface area contributed by atoms with Crippen LogP contribution in [0.15, 0.2) is 47.6 Å². The van der Waals surface area contributed by atoms with Crippen LogP contribution >= 0.6 is 0 Å². The van der Waals surface area contributed by atoms with Crippen LogP contribution in [0, 0.1) is 11.8 Å². The first-order chi connectivity index (χ1) is 17.9. The number of sulfonamides is 1. The minimum atomic E-state index is -4.28. The van der Waals surface area contributed by atoms with Crippen LogP contribution in [0.25, 0.3) is 5.82 Å². The van der Waals surface area contributed by atoms with Crippen molar-refractivity contribution in [1.82, 2.24) is 24.5 Å². The van der Waals surface area contributed by atoms with E-state index in [0.29, 0.717) is 36.6 Å². The Balaban J connectivity index is 0.00000280. The van der Waals surface area contributed by atoms with Crippen molar-refractivity contribution >= 4 is 27.6 Å². The van der Waals surface area contributed by atoms with Gasteiger partial charge in [0.05, 0.1) is 12.2 Å². The zero-order chi connectivity index (χ0) is 27.7. The number of aromatic nitrogens is 4. The topological polar surface area (TPSA) is 166 Å². The van der Waals surface area contributed by atoms with E-state index < -0.39 is 15.9 Å². The fraction of sp³-hybridized carbons (Fsp3) is 0.440. The second kappa shape index (κ2) is 10.6. The molecule has 0 bridgehead atoms. The molecule has 13 heteroatoms. The number of aliphatic hydroxyl groups excluding tert-OH is 1. The third-order valence-corrected chi connectivity index (χ3v) is 7.76. The summed E-state index contributed by atoms with van der Waals surface area (Å²) >= 11 is 0. The molecule has 0 spiro atoms. The van der Waals surface area contributed by atoms with Crippen molar-refractivity contribution in [2.75, 3.05) is 30.4 Å². The van der Waals surface area contributed by atoms with Gasteiger partial charge < -0.3 is 20.5 Å². The number of aliphatic hydroxyl groups is 1. The van der Waals surface area contributed by atoms with Gasteiger partial charge >= 0.3 is 0 Å². The van der Waals surface area contributed by atoms with Gasteiger partial charge in [-0.05, 0) is 50.5 Å². The van der Waals surface area contributed by atoms with E-state index in [1.165, 1.54) is 29.1 Å². The summed E-state index contributed by atoms with van der Waals surface area (Å²) in [5, 5.41) is 13.6. The van der Waals surface area contributed by atoms with Gasteiger partial charge in [0.1, 0.15) is 16.5 Å². The molecule has 3 aromatic heterocycles. The highest BCUT2D eigenvalue weighted by Crippen LogP contribution is 2.37. The molecule has 2 atom stereocenters. The lowest BCUT2D eigenvalue weighted by Gasteiger charge is -2.34. The van der Waals surface area contributed by atoms with Gasteiger partial charge in [0, 0.05) is 47.3 Å². The van der Waals surface area contributed by atoms with Crippen LogP contribution in [0.5, 0.6) is 5.88 Å². The molecule has 210 valence electrons. The normalized spacial score (nSPS) is 17.8. The van der Waals surface area contributed by atoms with Crippen LogP contribution in [-0.2, 0) is 10.0 Å². The molecule has 12 nitrogen and oxygen atoms in total. The van der Waals surface area contributed by atoms with E-state index in [1.54, 1.807) is 18.3 Å². The molecule has 3 aromatic rings. The standard InChI is InChI=1S/C25H33N7O5S.3H2/c1-16-12-25(3,4)31(13-16)23-18(24(34)30-38(35,36)19-6-5-10-27-22(19)26)7-8-20(28-23)32-11-9-21(29-32)37-15-17(2)14-33;;;/h5-11,16-17,33H,12-15H2,1-4H3,(H2,26,27)(H,30,34);3*1H/t16-,17?;;;/m0.../s1. The number of nitrogen functional groups attached to an aromatic ring is 1. The molecule has 0 aromatic carbocycles. The molecule has 1 amide bonds. The predicted octanol–water partition coefficient (Wildman–Crippen LogP) is 2.73. The Hall–Kier alpha value is -3.71. The third kappa shape index (κ3) is 5.73. The number of ether oxygens (including phenoxy) is 1. The van der Waals surface area contributed by atoms with Crippen molar-refractivity contribution in [3.63, 3.8) is 0 Å². The molecule has 4 heterocycles. The van der Waals surface area contributed by atoms with E-state index in [1.807, 2.05) is 11.8 Å². The van der Waals surface area contributed by atoms with Crippen LogP contribution in [0.2, 0.25) is 0 Å². The summed E-state index contributed by atoms with van der Waals surface area (Å²) in [6.07, 6.45) is 3.91. The van der Waals surface area contributed by atoms with Gasteiger partial charge in [-0.1, -0.05) is 13.8 Å². The fourth-order valence-corrected chi connectivity index (χ4v) is 5.61. The second-order valence-electron chi connectivity index (χ2n) is 10.3. The molecule has 4 N–H and O–H groups in total. The van der Waals surface area contributed by atoms with Crippen molar-refractivity contribution in [3.8, 4) is 11.7 Å². The van der Waals surface area contributed by atoms with E-state index in [0.717, 1.165) is 6.42 Å². The molecule has 1 aliphatic rings. The first kappa shape index (κ1) is 27.3. The number of carbonyl (C=O) groups excluding carboxylic acids is 1. The van der Waals surface area contributed by atoms with Crippen LogP contribution < -0.4 is 20.1 Å². The molecule has 38 heavy (non-hydrogen) atoms. The average Bonchev–Trinajstić information content (AvgIpc) is 3.44. The largest absolute Gasteiger partial charge is 0.476 e. The van der Waals surface area contributed by atoms with Crippen molar-refractivity contribution in [2.24, 2.45) is 11.8 Å². The van der Waals surface area contributed by atoms with Crippen LogP contribution in [0.3, 0.4) is 0 Å². The van der Waals surface area contributed by atoms with Crippen LogP contribution in [0.1, 0.15) is 48.8 Å². The zero-order valence-corrected chi connectivity index (χ0v) is 22.6. The van der Waals surface area contributed by atoms with Crippen molar-refractivity contribution in [3.05, 3.63) is 48.3 Å². The first-order valence-electron chi connectivity index (χ1n) is 12.3. The molecule has 0 saturated carbocycles. The lowest BCUT2D eigenvalue weighted by Crippen LogP contribution is -2.41. The van der Waals surface area contributed by atoms with E-state index in [-0.39, 0.29) is 38.6 Å². The number of nitrogens with zero attached hydrogens (tertiary/aromatic N) is 5. The molecule has 1 saturated heterocycles. The van der Waals surface area contributed by atoms with Gasteiger partial charge in [0.2, 0.25) is 5.88 Å². The molecule has 0 radical (unpaired) electrons. The Morgan fingerprint density at radius 2 is 2.11 bits per heavy atom. The molecule has 0 aliphatic carbocycles. The van der Waals surface area contributed by atoms with Gasteiger partial charge in [-0.2, -0.15) is 0 Å². The van der Waals surface area contributed by atoms with Crippen molar-refractivity contribution in [2.45, 2.75) is 44.6 Å². The Morgan fingerprint density at radius 1 is 1.34 bits per heavy atom. The highest BCUT2D eigenvalue weighted by atomic mass is 32.2. The lowest BCUT2D eigenvalue weighted by atomic mass is 9.97. The smallest absolute Gasteiger partial charge is 0.268 e. The van der Waals surface area contributed by atoms with Crippen molar-refractivity contribution in [1.29, 1.82) is 0 Å². The minimum absolute atomic E-state index is 0. The van der Waals surface area contributed by atoms with Gasteiger partial charge in [-0.25, -0.2) is 27.8 Å². The van der Waals surface area contributed by atoms with Gasteiger partial charge in [0.15, 0.2) is 5.82 Å². The summed E-state index contributed by atoms with van der Waals surface area (Å²) in [6, 6.07) is 7.51. The maximum Gasteiger partial charge on any atom is 0.268 e. The van der Waals surface area contributed by atoms with Crippen LogP contribution in [0.4, 0.5) is 11.6 Å². The molecule has 4 rings (SSSR count). The summed E-state index contributed by atoms with van der Waals surface area (Å²) in [4.78, 5) is 23.7. The third-order valence-electron chi connectivity index (χ3n) is 6.38. The fourth-order valence-electron chi connectivity index (χ4n) is 4.56. The SMILES string of the molecule is CC(CO)COc1ccn(-c2ccc(C(=O)NS(=O)(=O)c3cccnc3N)c(N3C[C@@H](C)CC3(C)C)n2)n1.[HH].[HH].[HH]. The Bertz CT molecular complexity index is 1440. The molecule has 1 aliphatic heterocycles. The number of carbonyl (C=O) groups is 1. The minimum Gasteiger partial charge on any atom is -0.476 e. The Labute approximate surface area is 226 Å². The number of nitrogens with two attached hydrogens (primary N) is 1. The zero-order valence-electron chi connectivity index (χ0n) is 21.8. The average molecular weight is 550 g/mol. The summed E-state index contributed by atoms with van der Waals surface area (Å²) in [5.41, 5.74) is 5.51. The predicted molar refractivity (Wildman–Crippen MR) is 148 cm³/mol. The number of pyridine rings is 2. The Morgan fingerprint density at radius 3 is 2.76 bits per heavy atom. The summed E-state index contributed by atoms with van der Waals surface area (Å²) in [6.45, 7) is 9.03. The molecular weight excluding hydrogens is 510 g/mol. The van der Waals surface area contributed by atoms with Gasteiger partial charge in [0.25, 0.3) is 15.9 Å². The number of nitrogens with one attached hydrogen (secondary N) is 1. The van der Waals surface area contributed by atoms with Crippen molar-refractivity contribution < 1.29 is 27.3 Å². The summed E-state index contributed by atoms with van der Waals surface area (Å²) < 4.78 is 35.1. The van der Waals surface area contributed by atoms with Gasteiger partial charge in [-0.3, -0.25) is 4.79 Å². The van der Waals surface area contributed by atoms with E-state index in [4.69, 9.17) is 15.5 Å². The quantitative estimate of drug-likeness (QED) is 0.361. The lowest BCUT2D eigenvalue weighted by molar-refractivity contribution is 0.0981. The maximum atomic E-state index is 13.4. The van der Waals surface area contributed by atoms with E-state index >= 15 is 0 Å². The highest BCUT2D eigenvalue weighted by molar-refractivity contribution is 7.90. The monoisotopic (exact) mass is 549 g/mol. The van der Waals surface area contributed by atoms with Gasteiger partial charge in [-0.15, -0.1) is 5.10 Å².